The highest BCUT2D eigenvalue weighted by Gasteiger charge is 2.43. The minimum Gasteiger partial charge on any atom is -0.366 e. The molecule has 3 aromatic rings. The number of nitrogens with zero attached hydrogens (tertiary/aromatic N) is 2. The number of hydrogen-bond donors (Lipinski definition) is 2. The summed E-state index contributed by atoms with van der Waals surface area (Å²) in [5, 5.41) is 1.51. The Balaban J connectivity index is 1.67. The number of anilines is 1. The standard InChI is InChI=1S/C22H21FN4O2/c1-2-18(28)27-8-7-12-10-26(11-17(12)27)21-15(23)9-14(22(24)29)20-19(21)13-5-3-4-6-16(13)25-20/h2-6,9,12,17,25H,1,7-8,10-11H2,(H2,24,29)/t12-,17+/m0/s1. The Kier molecular flexibility index (Phi) is 3.87. The first kappa shape index (κ1) is 17.7. The van der Waals surface area contributed by atoms with E-state index < -0.39 is 11.7 Å². The molecule has 6 nitrogen and oxygen atoms in total. The summed E-state index contributed by atoms with van der Waals surface area (Å²) >= 11 is 0. The van der Waals surface area contributed by atoms with E-state index in [1.54, 1.807) is 0 Å². The molecule has 2 aliphatic heterocycles. The maximum Gasteiger partial charge on any atom is 0.250 e. The number of primary amides is 1. The number of nitrogens with one attached hydrogen (secondary N) is 1. The van der Waals surface area contributed by atoms with Gasteiger partial charge in [0.25, 0.3) is 5.91 Å². The van der Waals surface area contributed by atoms with Crippen molar-refractivity contribution in [2.75, 3.05) is 24.5 Å². The highest BCUT2D eigenvalue weighted by Crippen LogP contribution is 2.42. The average Bonchev–Trinajstić information content (AvgIpc) is 3.39. The van der Waals surface area contributed by atoms with Crippen molar-refractivity contribution < 1.29 is 14.0 Å². The summed E-state index contributed by atoms with van der Waals surface area (Å²) in [7, 11) is 0. The van der Waals surface area contributed by atoms with Gasteiger partial charge in [0.1, 0.15) is 5.82 Å². The van der Waals surface area contributed by atoms with Gasteiger partial charge in [0.2, 0.25) is 5.91 Å². The number of fused-ring (bicyclic) bond motifs is 4. The van der Waals surface area contributed by atoms with Crippen molar-refractivity contribution in [1.82, 2.24) is 9.88 Å². The first-order chi connectivity index (χ1) is 14.0. The lowest BCUT2D eigenvalue weighted by Gasteiger charge is -2.26. The molecule has 5 rings (SSSR count). The Morgan fingerprint density at radius 1 is 1.28 bits per heavy atom. The van der Waals surface area contributed by atoms with E-state index in [1.807, 2.05) is 34.1 Å². The molecule has 2 aliphatic rings. The van der Waals surface area contributed by atoms with Crippen LogP contribution in [-0.2, 0) is 4.79 Å². The van der Waals surface area contributed by atoms with Gasteiger partial charge in [-0.1, -0.05) is 24.8 Å². The van der Waals surface area contributed by atoms with Gasteiger partial charge in [0, 0.05) is 41.8 Å². The van der Waals surface area contributed by atoms with Crippen LogP contribution < -0.4 is 10.6 Å². The summed E-state index contributed by atoms with van der Waals surface area (Å²) in [6, 6.07) is 8.83. The van der Waals surface area contributed by atoms with Gasteiger partial charge in [0.05, 0.1) is 22.8 Å². The van der Waals surface area contributed by atoms with Gasteiger partial charge in [-0.2, -0.15) is 0 Å². The fourth-order valence-electron chi connectivity index (χ4n) is 5.02. The predicted molar refractivity (Wildman–Crippen MR) is 110 cm³/mol. The molecule has 3 heterocycles. The van der Waals surface area contributed by atoms with Gasteiger partial charge < -0.3 is 20.5 Å². The van der Waals surface area contributed by atoms with Crippen LogP contribution in [0.5, 0.6) is 0 Å². The normalized spacial score (nSPS) is 21.1. The first-order valence-electron chi connectivity index (χ1n) is 9.70. The molecule has 7 heteroatoms. The second kappa shape index (κ2) is 6.34. The number of aromatic amines is 1. The van der Waals surface area contributed by atoms with Gasteiger partial charge in [-0.25, -0.2) is 4.39 Å². The molecule has 0 bridgehead atoms. The molecule has 1 aromatic heterocycles. The number of H-pyrrole nitrogens is 1. The molecule has 0 unspecified atom stereocenters. The maximum atomic E-state index is 15.3. The van der Waals surface area contributed by atoms with Gasteiger partial charge in [-0.3, -0.25) is 9.59 Å². The van der Waals surface area contributed by atoms with E-state index in [1.165, 1.54) is 12.1 Å². The fraction of sp³-hybridized carbons (Fsp3) is 0.273. The van der Waals surface area contributed by atoms with Crippen LogP contribution in [0.1, 0.15) is 16.8 Å². The van der Waals surface area contributed by atoms with Gasteiger partial charge >= 0.3 is 0 Å². The Morgan fingerprint density at radius 3 is 2.83 bits per heavy atom. The number of benzene rings is 2. The largest absolute Gasteiger partial charge is 0.366 e. The van der Waals surface area contributed by atoms with Crippen LogP contribution in [0.3, 0.4) is 0 Å². The summed E-state index contributed by atoms with van der Waals surface area (Å²) in [6.45, 7) is 5.51. The zero-order chi connectivity index (χ0) is 20.3. The van der Waals surface area contributed by atoms with E-state index in [0.29, 0.717) is 36.2 Å². The lowest BCUT2D eigenvalue weighted by molar-refractivity contribution is -0.126. The number of halogens is 1. The Bertz CT molecular complexity index is 1180. The van der Waals surface area contributed by atoms with E-state index in [-0.39, 0.29) is 23.4 Å². The Hall–Kier alpha value is -3.35. The SMILES string of the molecule is C=CC(=O)N1CC[C@H]2CN(c3c(F)cc(C(N)=O)c4[nH]c5ccccc5c34)C[C@H]21. The predicted octanol–water partition coefficient (Wildman–Crippen LogP) is 2.78. The van der Waals surface area contributed by atoms with Crippen LogP contribution in [0, 0.1) is 11.7 Å². The third-order valence-corrected chi connectivity index (χ3v) is 6.30. The van der Waals surface area contributed by atoms with Crippen molar-refractivity contribution in [1.29, 1.82) is 0 Å². The number of carbonyl (C=O) groups is 2. The molecule has 148 valence electrons. The lowest BCUT2D eigenvalue weighted by Crippen LogP contribution is -2.38. The highest BCUT2D eigenvalue weighted by atomic mass is 19.1. The molecule has 3 N–H and O–H groups in total. The molecule has 0 radical (unpaired) electrons. The number of nitrogens with two attached hydrogens (primary N) is 1. The zero-order valence-corrected chi connectivity index (χ0v) is 15.8. The summed E-state index contributed by atoms with van der Waals surface area (Å²) in [5.74, 6) is -0.943. The maximum absolute atomic E-state index is 15.3. The van der Waals surface area contributed by atoms with E-state index in [4.69, 9.17) is 5.73 Å². The van der Waals surface area contributed by atoms with Crippen molar-refractivity contribution in [3.8, 4) is 0 Å². The molecule has 29 heavy (non-hydrogen) atoms. The van der Waals surface area contributed by atoms with E-state index in [9.17, 15) is 9.59 Å². The number of para-hydroxylation sites is 1. The number of carbonyl (C=O) groups excluding carboxylic acids is 2. The van der Waals surface area contributed by atoms with Crippen molar-refractivity contribution >= 4 is 39.3 Å². The number of aromatic nitrogens is 1. The van der Waals surface area contributed by atoms with Crippen molar-refractivity contribution in [2.45, 2.75) is 12.5 Å². The molecule has 0 aliphatic carbocycles. The molecular weight excluding hydrogens is 371 g/mol. The molecule has 0 saturated carbocycles. The van der Waals surface area contributed by atoms with Crippen molar-refractivity contribution in [3.05, 3.63) is 54.4 Å². The number of rotatable bonds is 3. The monoisotopic (exact) mass is 392 g/mol. The van der Waals surface area contributed by atoms with Crippen LogP contribution in [-0.4, -0.2) is 47.4 Å². The third kappa shape index (κ3) is 2.53. The van der Waals surface area contributed by atoms with Gasteiger partial charge in [-0.15, -0.1) is 0 Å². The Morgan fingerprint density at radius 2 is 2.07 bits per heavy atom. The summed E-state index contributed by atoms with van der Waals surface area (Å²) in [5.41, 5.74) is 7.49. The molecule has 2 saturated heterocycles. The lowest BCUT2D eigenvalue weighted by atomic mass is 10.0. The number of likely N-dealkylation sites (tertiary alicyclic amines) is 1. The zero-order valence-electron chi connectivity index (χ0n) is 15.8. The molecule has 2 fully saturated rings. The van der Waals surface area contributed by atoms with Crippen LogP contribution >= 0.6 is 0 Å². The molecule has 0 spiro atoms. The summed E-state index contributed by atoms with van der Waals surface area (Å²) < 4.78 is 15.3. The second-order valence-corrected chi connectivity index (χ2v) is 7.80. The summed E-state index contributed by atoms with van der Waals surface area (Å²) in [4.78, 5) is 31.2. The second-order valence-electron chi connectivity index (χ2n) is 7.80. The highest BCUT2D eigenvalue weighted by molar-refractivity contribution is 6.19. The van der Waals surface area contributed by atoms with E-state index in [0.717, 1.165) is 17.3 Å². The van der Waals surface area contributed by atoms with Gasteiger partial charge in [-0.05, 0) is 24.6 Å². The third-order valence-electron chi connectivity index (χ3n) is 6.30. The van der Waals surface area contributed by atoms with Gasteiger partial charge in [0.15, 0.2) is 0 Å². The molecule has 2 amide bonds. The van der Waals surface area contributed by atoms with Crippen LogP contribution in [0.4, 0.5) is 10.1 Å². The molecule has 2 aromatic carbocycles. The number of hydrogen-bond acceptors (Lipinski definition) is 3. The minimum atomic E-state index is -0.673. The molecule has 2 atom stereocenters. The van der Waals surface area contributed by atoms with Crippen LogP contribution in [0.25, 0.3) is 21.8 Å². The summed E-state index contributed by atoms with van der Waals surface area (Å²) in [6.07, 6.45) is 2.23. The topological polar surface area (TPSA) is 82.4 Å². The average molecular weight is 392 g/mol. The fourth-order valence-corrected chi connectivity index (χ4v) is 5.02. The quantitative estimate of drug-likeness (QED) is 0.673. The molecular formula is C22H21FN4O2. The smallest absolute Gasteiger partial charge is 0.250 e. The van der Waals surface area contributed by atoms with Crippen LogP contribution in [0.2, 0.25) is 0 Å². The Labute approximate surface area is 166 Å². The van der Waals surface area contributed by atoms with Crippen molar-refractivity contribution in [2.24, 2.45) is 11.7 Å². The van der Waals surface area contributed by atoms with Crippen LogP contribution in [0.15, 0.2) is 43.0 Å². The minimum absolute atomic E-state index is 0.0379. The van der Waals surface area contributed by atoms with E-state index >= 15 is 4.39 Å². The van der Waals surface area contributed by atoms with Crippen molar-refractivity contribution in [3.63, 3.8) is 0 Å². The van der Waals surface area contributed by atoms with E-state index in [2.05, 4.69) is 11.6 Å². The number of amides is 2. The first-order valence-corrected chi connectivity index (χ1v) is 9.70.